The Labute approximate surface area is 153 Å². The molecule has 4 rings (SSSR count). The number of carbonyl (C=O) groups is 2. The summed E-state index contributed by atoms with van der Waals surface area (Å²) in [6.07, 6.45) is 11.7. The van der Waals surface area contributed by atoms with Crippen molar-refractivity contribution < 1.29 is 14.3 Å². The van der Waals surface area contributed by atoms with Crippen molar-refractivity contribution in [2.45, 2.75) is 6.42 Å². The minimum atomic E-state index is -0.251. The molecule has 3 aliphatic rings. The average Bonchev–Trinajstić information content (AvgIpc) is 3.27. The molecule has 126 valence electrons. The third-order valence-electron chi connectivity index (χ3n) is 5.04. The van der Waals surface area contributed by atoms with Crippen LogP contribution in [0.25, 0.3) is 0 Å². The first-order valence-electron chi connectivity index (χ1n) is 8.06. The number of hydrazone groups is 1. The van der Waals surface area contributed by atoms with Crippen LogP contribution >= 0.6 is 15.9 Å². The fraction of sp³-hybridized carbons (Fsp3) is 0.316. The van der Waals surface area contributed by atoms with Crippen LogP contribution in [0, 0.1) is 36.0 Å². The summed E-state index contributed by atoms with van der Waals surface area (Å²) in [7, 11) is 0. The molecule has 6 heteroatoms. The molecule has 0 spiro atoms. The number of benzene rings is 1. The van der Waals surface area contributed by atoms with Gasteiger partial charge < -0.3 is 4.74 Å². The number of hydrogen-bond acceptors (Lipinski definition) is 4. The molecule has 25 heavy (non-hydrogen) atoms. The average molecular weight is 399 g/mol. The van der Waals surface area contributed by atoms with E-state index in [1.165, 1.54) is 6.21 Å². The van der Waals surface area contributed by atoms with Crippen molar-refractivity contribution in [1.82, 2.24) is 5.01 Å². The first kappa shape index (κ1) is 16.1. The lowest BCUT2D eigenvalue weighted by Crippen LogP contribution is -2.28. The van der Waals surface area contributed by atoms with E-state index in [-0.39, 0.29) is 42.1 Å². The lowest BCUT2D eigenvalue weighted by atomic mass is 9.85. The summed E-state index contributed by atoms with van der Waals surface area (Å²) >= 11 is 3.39. The fourth-order valence-corrected chi connectivity index (χ4v) is 4.37. The Hall–Kier alpha value is -2.39. The predicted molar refractivity (Wildman–Crippen MR) is 95.6 cm³/mol. The maximum atomic E-state index is 12.6. The van der Waals surface area contributed by atoms with Crippen LogP contribution in [-0.4, -0.2) is 29.6 Å². The predicted octanol–water partition coefficient (Wildman–Crippen LogP) is 2.60. The number of halogens is 1. The molecule has 5 nitrogen and oxygen atoms in total. The summed E-state index contributed by atoms with van der Waals surface area (Å²) in [6, 6.07) is 5.38. The molecule has 2 bridgehead atoms. The summed E-state index contributed by atoms with van der Waals surface area (Å²) < 4.78 is 6.32. The van der Waals surface area contributed by atoms with Crippen LogP contribution in [0.15, 0.2) is 39.9 Å². The zero-order chi connectivity index (χ0) is 17.6. The van der Waals surface area contributed by atoms with E-state index in [2.05, 4.69) is 39.1 Å². The van der Waals surface area contributed by atoms with Crippen molar-refractivity contribution in [3.05, 3.63) is 40.4 Å². The SMILES string of the molecule is C#CCOc1ccc(Br)cc1/C=N\N1C(=O)[C@@H]2[C@@H](C1=O)[C@H]1C=C[C@H]2C1. The summed E-state index contributed by atoms with van der Waals surface area (Å²) in [6.45, 7) is 0.128. The number of terminal acetylenes is 1. The van der Waals surface area contributed by atoms with E-state index in [0.29, 0.717) is 11.3 Å². The van der Waals surface area contributed by atoms with Crippen molar-refractivity contribution in [2.75, 3.05) is 6.61 Å². The van der Waals surface area contributed by atoms with Crippen molar-refractivity contribution in [1.29, 1.82) is 0 Å². The zero-order valence-corrected chi connectivity index (χ0v) is 14.8. The Balaban J connectivity index is 1.59. The van der Waals surface area contributed by atoms with Gasteiger partial charge in [-0.3, -0.25) is 9.59 Å². The summed E-state index contributed by atoms with van der Waals surface area (Å²) in [5.41, 5.74) is 0.642. The Morgan fingerprint density at radius 3 is 2.60 bits per heavy atom. The highest BCUT2D eigenvalue weighted by atomic mass is 79.9. The van der Waals surface area contributed by atoms with Gasteiger partial charge in [-0.2, -0.15) is 10.1 Å². The van der Waals surface area contributed by atoms with E-state index in [9.17, 15) is 9.59 Å². The third-order valence-corrected chi connectivity index (χ3v) is 5.54. The Kier molecular flexibility index (Phi) is 3.97. The number of hydrogen-bond donors (Lipinski definition) is 0. The second-order valence-corrected chi connectivity index (χ2v) is 7.32. The van der Waals surface area contributed by atoms with Crippen LogP contribution in [0.3, 0.4) is 0 Å². The molecule has 1 heterocycles. The normalized spacial score (nSPS) is 29.5. The Morgan fingerprint density at radius 1 is 1.28 bits per heavy atom. The van der Waals surface area contributed by atoms with E-state index >= 15 is 0 Å². The van der Waals surface area contributed by atoms with Gasteiger partial charge in [-0.15, -0.1) is 6.42 Å². The molecule has 1 saturated heterocycles. The van der Waals surface area contributed by atoms with E-state index in [1.54, 1.807) is 12.1 Å². The topological polar surface area (TPSA) is 59.0 Å². The number of allylic oxidation sites excluding steroid dienone is 2. The van der Waals surface area contributed by atoms with Crippen LogP contribution in [-0.2, 0) is 9.59 Å². The first-order chi connectivity index (χ1) is 12.1. The van der Waals surface area contributed by atoms with Crippen molar-refractivity contribution in [3.63, 3.8) is 0 Å². The second-order valence-electron chi connectivity index (χ2n) is 6.41. The minimum absolute atomic E-state index is 0.128. The molecule has 0 aromatic heterocycles. The Morgan fingerprint density at radius 2 is 1.96 bits per heavy atom. The van der Waals surface area contributed by atoms with Crippen molar-refractivity contribution >= 4 is 34.0 Å². The molecule has 1 saturated carbocycles. The smallest absolute Gasteiger partial charge is 0.254 e. The van der Waals surface area contributed by atoms with Crippen molar-refractivity contribution in [2.24, 2.45) is 28.8 Å². The van der Waals surface area contributed by atoms with Crippen LogP contribution in [0.1, 0.15) is 12.0 Å². The number of imide groups is 1. The van der Waals surface area contributed by atoms with E-state index < -0.39 is 0 Å². The van der Waals surface area contributed by atoms with E-state index in [4.69, 9.17) is 11.2 Å². The summed E-state index contributed by atoms with van der Waals surface area (Å²) in [5.74, 6) is 2.39. The van der Waals surface area contributed by atoms with Gasteiger partial charge in [-0.05, 0) is 36.5 Å². The lowest BCUT2D eigenvalue weighted by molar-refractivity contribution is -0.140. The van der Waals surface area contributed by atoms with Gasteiger partial charge in [0, 0.05) is 10.0 Å². The van der Waals surface area contributed by atoms with Crippen LogP contribution in [0.4, 0.5) is 0 Å². The molecule has 0 N–H and O–H groups in total. The van der Waals surface area contributed by atoms with Crippen molar-refractivity contribution in [3.8, 4) is 18.1 Å². The molecule has 1 aromatic carbocycles. The lowest BCUT2D eigenvalue weighted by Gasteiger charge is -2.13. The first-order valence-corrected chi connectivity index (χ1v) is 8.85. The van der Waals surface area contributed by atoms with E-state index in [0.717, 1.165) is 15.9 Å². The quantitative estimate of drug-likeness (QED) is 0.339. The maximum Gasteiger partial charge on any atom is 0.254 e. The molecule has 4 atom stereocenters. The molecule has 1 aliphatic heterocycles. The fourth-order valence-electron chi connectivity index (χ4n) is 3.99. The highest BCUT2D eigenvalue weighted by Crippen LogP contribution is 2.52. The molecular formula is C19H15BrN2O3. The van der Waals surface area contributed by atoms with Gasteiger partial charge in [-0.25, -0.2) is 0 Å². The molecule has 2 aliphatic carbocycles. The van der Waals surface area contributed by atoms with Gasteiger partial charge in [0.15, 0.2) is 0 Å². The monoisotopic (exact) mass is 398 g/mol. The van der Waals surface area contributed by atoms with Gasteiger partial charge in [0.1, 0.15) is 12.4 Å². The van der Waals surface area contributed by atoms with Gasteiger partial charge >= 0.3 is 0 Å². The summed E-state index contributed by atoms with van der Waals surface area (Å²) in [4.78, 5) is 25.2. The van der Waals surface area contributed by atoms with Gasteiger partial charge in [-0.1, -0.05) is 34.0 Å². The number of amides is 2. The van der Waals surface area contributed by atoms with Crippen LogP contribution in [0.2, 0.25) is 0 Å². The number of rotatable bonds is 4. The van der Waals surface area contributed by atoms with Crippen LogP contribution in [0.5, 0.6) is 5.75 Å². The van der Waals surface area contributed by atoms with Gasteiger partial charge in [0.05, 0.1) is 18.1 Å². The minimum Gasteiger partial charge on any atom is -0.480 e. The third kappa shape index (κ3) is 2.59. The maximum absolute atomic E-state index is 12.6. The van der Waals surface area contributed by atoms with Gasteiger partial charge in [0.2, 0.25) is 0 Å². The summed E-state index contributed by atoms with van der Waals surface area (Å²) in [5, 5.41) is 5.19. The zero-order valence-electron chi connectivity index (χ0n) is 13.3. The van der Waals surface area contributed by atoms with Gasteiger partial charge in [0.25, 0.3) is 11.8 Å². The molecule has 0 radical (unpaired) electrons. The number of nitrogens with zero attached hydrogens (tertiary/aromatic N) is 2. The number of ether oxygens (including phenoxy) is 1. The highest BCUT2D eigenvalue weighted by Gasteiger charge is 2.59. The molecule has 0 unspecified atom stereocenters. The van der Waals surface area contributed by atoms with Crippen LogP contribution < -0.4 is 4.74 Å². The Bertz CT molecular complexity index is 825. The van der Waals surface area contributed by atoms with E-state index in [1.807, 2.05) is 6.07 Å². The standard InChI is InChI=1S/C19H15BrN2O3/c1-2-7-25-15-6-5-14(20)9-13(15)10-21-22-18(23)16-11-3-4-12(8-11)17(16)19(22)24/h1,3-6,9-12,16-17H,7-8H2/b21-10-/t11-,12-,16-,17-/m0/s1. The molecular weight excluding hydrogens is 384 g/mol. The second kappa shape index (κ2) is 6.16. The number of fused-ring (bicyclic) bond motifs is 5. The number of carbonyl (C=O) groups excluding carboxylic acids is 2. The molecule has 2 fully saturated rings. The molecule has 1 aromatic rings. The highest BCUT2D eigenvalue weighted by molar-refractivity contribution is 9.10. The largest absolute Gasteiger partial charge is 0.480 e. The molecule has 2 amide bonds.